The van der Waals surface area contributed by atoms with Gasteiger partial charge >= 0.3 is 0 Å². The maximum absolute atomic E-state index is 12.5. The molecule has 0 radical (unpaired) electrons. The lowest BCUT2D eigenvalue weighted by Gasteiger charge is -2.06. The first-order valence-electron chi connectivity index (χ1n) is 5.72. The fourth-order valence-electron chi connectivity index (χ4n) is 1.72. The van der Waals surface area contributed by atoms with E-state index in [0.717, 1.165) is 11.3 Å². The number of carbonyl (C=O) groups excluding carboxylic acids is 1. The van der Waals surface area contributed by atoms with Gasteiger partial charge in [-0.15, -0.1) is 0 Å². The van der Waals surface area contributed by atoms with Crippen molar-refractivity contribution >= 4 is 11.6 Å². The predicted molar refractivity (Wildman–Crippen MR) is 70.4 cm³/mol. The number of halogens is 1. The summed E-state index contributed by atoms with van der Waals surface area (Å²) in [5.74, 6) is -0.226. The minimum absolute atomic E-state index is 0.226. The Bertz CT molecular complexity index is 566. The molecule has 1 N–H and O–H groups in total. The topological polar surface area (TPSA) is 29.1 Å². The highest BCUT2D eigenvalue weighted by Crippen LogP contribution is 2.13. The number of nitrogens with one attached hydrogen (secondary N) is 1. The molecule has 0 aromatic heterocycles. The van der Waals surface area contributed by atoms with Crippen LogP contribution in [0.5, 0.6) is 0 Å². The van der Waals surface area contributed by atoms with Crippen molar-refractivity contribution in [2.75, 3.05) is 5.32 Å². The van der Waals surface area contributed by atoms with Crippen LogP contribution in [0.2, 0.25) is 0 Å². The zero-order valence-electron chi connectivity index (χ0n) is 10.1. The van der Waals surface area contributed by atoms with Gasteiger partial charge in [-0.05, 0) is 42.3 Å². The van der Waals surface area contributed by atoms with Gasteiger partial charge in [0, 0.05) is 11.3 Å². The first kappa shape index (κ1) is 12.3. The third-order valence-electron chi connectivity index (χ3n) is 2.62. The first-order chi connectivity index (χ1) is 8.69. The van der Waals surface area contributed by atoms with Crippen LogP contribution in [0.3, 0.4) is 0 Å². The molecule has 0 spiro atoms. The van der Waals surface area contributed by atoms with E-state index in [4.69, 9.17) is 0 Å². The lowest BCUT2D eigenvalue weighted by Crippen LogP contribution is -2.12. The highest BCUT2D eigenvalue weighted by molar-refractivity contribution is 6.04. The number of hydrogen-bond donors (Lipinski definition) is 1. The van der Waals surface area contributed by atoms with Crippen molar-refractivity contribution in [3.8, 4) is 0 Å². The monoisotopic (exact) mass is 243 g/mol. The molecule has 92 valence electrons. The van der Waals surface area contributed by atoms with Crippen LogP contribution in [-0.4, -0.2) is 5.91 Å². The van der Waals surface area contributed by atoms with Crippen molar-refractivity contribution in [2.24, 2.45) is 0 Å². The average molecular weight is 243 g/mol. The summed E-state index contributed by atoms with van der Waals surface area (Å²) < 4.78 is 12.5. The molecule has 1 amide bonds. The number of amides is 1. The summed E-state index contributed by atoms with van der Waals surface area (Å²) in [7, 11) is 0. The molecule has 18 heavy (non-hydrogen) atoms. The number of benzene rings is 2. The summed E-state index contributed by atoms with van der Waals surface area (Å²) in [6.07, 6.45) is 0. The van der Waals surface area contributed by atoms with Crippen molar-refractivity contribution in [3.05, 3.63) is 65.2 Å². The molecule has 0 aliphatic heterocycles. The normalized spacial score (nSPS) is 10.1. The second-order valence-corrected chi connectivity index (χ2v) is 4.16. The van der Waals surface area contributed by atoms with Crippen LogP contribution in [0, 0.1) is 6.92 Å². The van der Waals surface area contributed by atoms with E-state index in [1.165, 1.54) is 0 Å². The molecule has 2 nitrogen and oxygen atoms in total. The van der Waals surface area contributed by atoms with E-state index in [9.17, 15) is 9.18 Å². The zero-order chi connectivity index (χ0) is 13.0. The Balaban J connectivity index is 2.16. The summed E-state index contributed by atoms with van der Waals surface area (Å²) in [6, 6.07) is 14.1. The molecular weight excluding hydrogens is 229 g/mol. The molecule has 0 unspecified atom stereocenters. The maximum atomic E-state index is 12.5. The quantitative estimate of drug-likeness (QED) is 0.874. The Morgan fingerprint density at radius 3 is 2.67 bits per heavy atom. The molecular formula is C15H14FNO. The Morgan fingerprint density at radius 1 is 1.17 bits per heavy atom. The van der Waals surface area contributed by atoms with E-state index in [2.05, 4.69) is 5.32 Å². The molecule has 0 fully saturated rings. The van der Waals surface area contributed by atoms with Gasteiger partial charge in [0.25, 0.3) is 5.91 Å². The number of anilines is 1. The highest BCUT2D eigenvalue weighted by Gasteiger charge is 2.06. The molecule has 0 atom stereocenters. The van der Waals surface area contributed by atoms with Gasteiger partial charge in [0.05, 0.1) is 0 Å². The van der Waals surface area contributed by atoms with E-state index in [0.29, 0.717) is 11.1 Å². The summed E-state index contributed by atoms with van der Waals surface area (Å²) in [5.41, 5.74) is 2.79. The standard InChI is InChI=1S/C15H14FNO/c1-11-4-2-7-14(8-11)17-15(18)13-6-3-5-12(9-13)10-16/h2-9H,10H2,1H3,(H,17,18). The number of rotatable bonds is 3. The average Bonchev–Trinajstić information content (AvgIpc) is 2.39. The van der Waals surface area contributed by atoms with Gasteiger partial charge in [-0.1, -0.05) is 24.3 Å². The van der Waals surface area contributed by atoms with Crippen LogP contribution >= 0.6 is 0 Å². The molecule has 0 saturated heterocycles. The Kier molecular flexibility index (Phi) is 3.72. The molecule has 0 aliphatic rings. The lowest BCUT2D eigenvalue weighted by atomic mass is 10.1. The molecule has 0 bridgehead atoms. The Labute approximate surface area is 105 Å². The number of carbonyl (C=O) groups is 1. The van der Waals surface area contributed by atoms with Crippen molar-refractivity contribution in [1.29, 1.82) is 0 Å². The smallest absolute Gasteiger partial charge is 0.255 e. The van der Waals surface area contributed by atoms with Crippen LogP contribution in [0.15, 0.2) is 48.5 Å². The summed E-state index contributed by atoms with van der Waals surface area (Å²) >= 11 is 0. The highest BCUT2D eigenvalue weighted by atomic mass is 19.1. The third kappa shape index (κ3) is 2.94. The van der Waals surface area contributed by atoms with Gasteiger partial charge in [0.1, 0.15) is 6.67 Å². The number of alkyl halides is 1. The maximum Gasteiger partial charge on any atom is 0.255 e. The Hall–Kier alpha value is -2.16. The third-order valence-corrected chi connectivity index (χ3v) is 2.62. The van der Waals surface area contributed by atoms with Crippen LogP contribution in [-0.2, 0) is 6.67 Å². The molecule has 2 aromatic carbocycles. The van der Waals surface area contributed by atoms with Crippen molar-refractivity contribution in [3.63, 3.8) is 0 Å². The minimum Gasteiger partial charge on any atom is -0.322 e. The van der Waals surface area contributed by atoms with Crippen LogP contribution in [0.1, 0.15) is 21.5 Å². The van der Waals surface area contributed by atoms with Crippen LogP contribution in [0.25, 0.3) is 0 Å². The number of hydrogen-bond acceptors (Lipinski definition) is 1. The van der Waals surface area contributed by atoms with Gasteiger partial charge in [-0.3, -0.25) is 4.79 Å². The zero-order valence-corrected chi connectivity index (χ0v) is 10.1. The van der Waals surface area contributed by atoms with E-state index in [1.54, 1.807) is 24.3 Å². The van der Waals surface area contributed by atoms with Gasteiger partial charge < -0.3 is 5.32 Å². The van der Waals surface area contributed by atoms with Gasteiger partial charge in [0.2, 0.25) is 0 Å². The SMILES string of the molecule is Cc1cccc(NC(=O)c2cccc(CF)c2)c1. The van der Waals surface area contributed by atoms with Gasteiger partial charge in [0.15, 0.2) is 0 Å². The fraction of sp³-hybridized carbons (Fsp3) is 0.133. The second kappa shape index (κ2) is 5.45. The second-order valence-electron chi connectivity index (χ2n) is 4.16. The van der Waals surface area contributed by atoms with Crippen LogP contribution in [0.4, 0.5) is 10.1 Å². The predicted octanol–water partition coefficient (Wildman–Crippen LogP) is 3.72. The van der Waals surface area contributed by atoms with Crippen molar-refractivity contribution in [2.45, 2.75) is 13.6 Å². The van der Waals surface area contributed by atoms with Crippen molar-refractivity contribution in [1.82, 2.24) is 0 Å². The minimum atomic E-state index is -0.564. The first-order valence-corrected chi connectivity index (χ1v) is 5.72. The molecule has 0 heterocycles. The molecule has 3 heteroatoms. The van der Waals surface area contributed by atoms with E-state index in [-0.39, 0.29) is 5.91 Å². The van der Waals surface area contributed by atoms with E-state index in [1.807, 2.05) is 31.2 Å². The molecule has 0 aliphatic carbocycles. The summed E-state index contributed by atoms with van der Waals surface area (Å²) in [5, 5.41) is 2.79. The summed E-state index contributed by atoms with van der Waals surface area (Å²) in [6.45, 7) is 1.39. The van der Waals surface area contributed by atoms with Gasteiger partial charge in [-0.25, -0.2) is 4.39 Å². The Morgan fingerprint density at radius 2 is 1.94 bits per heavy atom. The summed E-state index contributed by atoms with van der Waals surface area (Å²) in [4.78, 5) is 12.0. The lowest BCUT2D eigenvalue weighted by molar-refractivity contribution is 0.102. The molecule has 2 aromatic rings. The van der Waals surface area contributed by atoms with E-state index < -0.39 is 6.67 Å². The molecule has 2 rings (SSSR count). The molecule has 0 saturated carbocycles. The number of aryl methyl sites for hydroxylation is 1. The largest absolute Gasteiger partial charge is 0.322 e. The van der Waals surface area contributed by atoms with Crippen LogP contribution < -0.4 is 5.32 Å². The van der Waals surface area contributed by atoms with Crippen molar-refractivity contribution < 1.29 is 9.18 Å². The van der Waals surface area contributed by atoms with Gasteiger partial charge in [-0.2, -0.15) is 0 Å². The van der Waals surface area contributed by atoms with E-state index >= 15 is 0 Å². The fourth-order valence-corrected chi connectivity index (χ4v) is 1.72.